The number of ketones is 1. The van der Waals surface area contributed by atoms with Gasteiger partial charge in [0.2, 0.25) is 5.78 Å². The SMILES string of the molecule is O=C(CBr)c1cc2cc(Cl)ccc2o1. The van der Waals surface area contributed by atoms with Crippen molar-refractivity contribution in [3.8, 4) is 0 Å². The van der Waals surface area contributed by atoms with Crippen molar-refractivity contribution in [1.29, 1.82) is 0 Å². The van der Waals surface area contributed by atoms with Crippen molar-refractivity contribution < 1.29 is 9.21 Å². The number of alkyl halides is 1. The highest BCUT2D eigenvalue weighted by Crippen LogP contribution is 2.23. The molecular weight excluding hydrogens is 267 g/mol. The van der Waals surface area contributed by atoms with Crippen LogP contribution in [0, 0.1) is 0 Å². The lowest BCUT2D eigenvalue weighted by atomic mass is 10.2. The highest BCUT2D eigenvalue weighted by Gasteiger charge is 2.10. The molecule has 0 aliphatic carbocycles. The minimum absolute atomic E-state index is 0.0719. The molecule has 0 aliphatic heterocycles. The van der Waals surface area contributed by atoms with E-state index < -0.39 is 0 Å². The summed E-state index contributed by atoms with van der Waals surface area (Å²) >= 11 is 8.89. The number of fused-ring (bicyclic) bond motifs is 1. The number of rotatable bonds is 2. The van der Waals surface area contributed by atoms with Gasteiger partial charge in [-0.3, -0.25) is 4.79 Å². The number of halogens is 2. The minimum atomic E-state index is -0.0719. The average Bonchev–Trinajstić information content (AvgIpc) is 2.59. The fraction of sp³-hybridized carbons (Fsp3) is 0.100. The number of carbonyl (C=O) groups excluding carboxylic acids is 1. The van der Waals surface area contributed by atoms with Crippen LogP contribution in [-0.2, 0) is 0 Å². The second kappa shape index (κ2) is 3.75. The fourth-order valence-electron chi connectivity index (χ4n) is 1.22. The van der Waals surface area contributed by atoms with Crippen LogP contribution in [0.4, 0.5) is 0 Å². The van der Waals surface area contributed by atoms with Gasteiger partial charge in [-0.15, -0.1) is 0 Å². The maximum atomic E-state index is 11.3. The molecule has 0 saturated heterocycles. The molecule has 1 heterocycles. The smallest absolute Gasteiger partial charge is 0.208 e. The van der Waals surface area contributed by atoms with Gasteiger partial charge in [0.25, 0.3) is 0 Å². The number of Topliss-reactive ketones (excluding diaryl/α,β-unsaturated/α-hetero) is 1. The zero-order valence-electron chi connectivity index (χ0n) is 7.09. The third kappa shape index (κ3) is 1.70. The number of carbonyl (C=O) groups is 1. The van der Waals surface area contributed by atoms with Crippen LogP contribution in [-0.4, -0.2) is 11.1 Å². The van der Waals surface area contributed by atoms with Gasteiger partial charge < -0.3 is 4.42 Å². The van der Waals surface area contributed by atoms with Gasteiger partial charge in [0, 0.05) is 10.4 Å². The molecule has 0 bridgehead atoms. The maximum Gasteiger partial charge on any atom is 0.208 e. The Morgan fingerprint density at radius 2 is 2.21 bits per heavy atom. The molecule has 2 nitrogen and oxygen atoms in total. The molecule has 2 rings (SSSR count). The fourth-order valence-corrected chi connectivity index (χ4v) is 1.67. The highest BCUT2D eigenvalue weighted by molar-refractivity contribution is 9.09. The third-order valence-corrected chi connectivity index (χ3v) is 2.62. The number of benzene rings is 1. The lowest BCUT2D eigenvalue weighted by Gasteiger charge is -1.88. The zero-order valence-corrected chi connectivity index (χ0v) is 9.43. The van der Waals surface area contributed by atoms with E-state index in [4.69, 9.17) is 16.0 Å². The van der Waals surface area contributed by atoms with Crippen molar-refractivity contribution in [2.75, 3.05) is 5.33 Å². The topological polar surface area (TPSA) is 30.2 Å². The summed E-state index contributed by atoms with van der Waals surface area (Å²) in [7, 11) is 0. The van der Waals surface area contributed by atoms with E-state index in [-0.39, 0.29) is 11.1 Å². The first-order valence-corrected chi connectivity index (χ1v) is 5.49. The Bertz CT molecular complexity index is 490. The molecule has 0 spiro atoms. The standard InChI is InChI=1S/C10H6BrClO2/c11-5-8(13)10-4-6-3-7(12)1-2-9(6)14-10/h1-4H,5H2. The molecule has 0 radical (unpaired) electrons. The lowest BCUT2D eigenvalue weighted by molar-refractivity contribution is 0.0995. The monoisotopic (exact) mass is 272 g/mol. The first-order valence-electron chi connectivity index (χ1n) is 3.99. The summed E-state index contributed by atoms with van der Waals surface area (Å²) in [6, 6.07) is 6.95. The summed E-state index contributed by atoms with van der Waals surface area (Å²) in [5.41, 5.74) is 0.679. The van der Waals surface area contributed by atoms with Gasteiger partial charge in [-0.2, -0.15) is 0 Å². The van der Waals surface area contributed by atoms with Gasteiger partial charge in [0.1, 0.15) is 5.58 Å². The van der Waals surface area contributed by atoms with Crippen molar-refractivity contribution in [3.05, 3.63) is 35.0 Å². The van der Waals surface area contributed by atoms with E-state index in [9.17, 15) is 4.79 Å². The van der Waals surface area contributed by atoms with Crippen molar-refractivity contribution in [3.63, 3.8) is 0 Å². The van der Waals surface area contributed by atoms with Crippen LogP contribution in [0.2, 0.25) is 5.02 Å². The van der Waals surface area contributed by atoms with Gasteiger partial charge in [-0.1, -0.05) is 27.5 Å². The number of hydrogen-bond acceptors (Lipinski definition) is 2. The summed E-state index contributed by atoms with van der Waals surface area (Å²) in [6.45, 7) is 0. The maximum absolute atomic E-state index is 11.3. The molecule has 0 aliphatic rings. The van der Waals surface area contributed by atoms with Gasteiger partial charge in [-0.25, -0.2) is 0 Å². The predicted octanol–water partition coefficient (Wildman–Crippen LogP) is 3.66. The molecule has 1 aromatic heterocycles. The van der Waals surface area contributed by atoms with E-state index >= 15 is 0 Å². The summed E-state index contributed by atoms with van der Waals surface area (Å²) in [5.74, 6) is 0.288. The van der Waals surface area contributed by atoms with Gasteiger partial charge in [0.05, 0.1) is 5.33 Å². The summed E-state index contributed by atoms with van der Waals surface area (Å²) in [5, 5.41) is 1.75. The normalized spacial score (nSPS) is 10.7. The summed E-state index contributed by atoms with van der Waals surface area (Å²) < 4.78 is 5.34. The van der Waals surface area contributed by atoms with E-state index in [1.54, 1.807) is 24.3 Å². The Labute approximate surface area is 94.0 Å². The molecule has 1 aromatic carbocycles. The number of furan rings is 1. The molecule has 0 N–H and O–H groups in total. The third-order valence-electron chi connectivity index (χ3n) is 1.87. The van der Waals surface area contributed by atoms with Gasteiger partial charge in [0.15, 0.2) is 5.76 Å². The Balaban J connectivity index is 2.56. The van der Waals surface area contributed by atoms with E-state index in [1.807, 2.05) is 0 Å². The van der Waals surface area contributed by atoms with E-state index in [2.05, 4.69) is 15.9 Å². The molecule has 4 heteroatoms. The number of hydrogen-bond donors (Lipinski definition) is 0. The van der Waals surface area contributed by atoms with Crippen LogP contribution in [0.25, 0.3) is 11.0 Å². The van der Waals surface area contributed by atoms with Crippen molar-refractivity contribution in [2.24, 2.45) is 0 Å². The minimum Gasteiger partial charge on any atom is -0.453 e. The van der Waals surface area contributed by atoms with Crippen LogP contribution in [0.15, 0.2) is 28.7 Å². The molecule has 0 unspecified atom stereocenters. The van der Waals surface area contributed by atoms with Crippen LogP contribution >= 0.6 is 27.5 Å². The molecular formula is C10H6BrClO2. The molecule has 2 aromatic rings. The first-order chi connectivity index (χ1) is 6.70. The highest BCUT2D eigenvalue weighted by atomic mass is 79.9. The molecule has 0 amide bonds. The Morgan fingerprint density at radius 3 is 2.93 bits per heavy atom. The Hall–Kier alpha value is -0.800. The van der Waals surface area contributed by atoms with Gasteiger partial charge in [-0.05, 0) is 24.3 Å². The second-order valence-corrected chi connectivity index (χ2v) is 3.85. The van der Waals surface area contributed by atoms with Crippen LogP contribution in [0.3, 0.4) is 0 Å². The summed E-state index contributed by atoms with van der Waals surface area (Å²) in [4.78, 5) is 11.3. The second-order valence-electron chi connectivity index (χ2n) is 2.85. The van der Waals surface area contributed by atoms with E-state index in [1.165, 1.54) is 0 Å². The first kappa shape index (κ1) is 9.74. The van der Waals surface area contributed by atoms with Crippen molar-refractivity contribution >= 4 is 44.3 Å². The molecule has 0 atom stereocenters. The predicted molar refractivity (Wildman–Crippen MR) is 59.3 cm³/mol. The molecule has 72 valence electrons. The van der Waals surface area contributed by atoms with E-state index in [0.29, 0.717) is 16.4 Å². The quantitative estimate of drug-likeness (QED) is 0.617. The van der Waals surface area contributed by atoms with Crippen molar-refractivity contribution in [2.45, 2.75) is 0 Å². The lowest BCUT2D eigenvalue weighted by Crippen LogP contribution is -1.96. The molecule has 0 fully saturated rings. The molecule has 0 saturated carbocycles. The van der Waals surface area contributed by atoms with Crippen LogP contribution in [0.5, 0.6) is 0 Å². The molecule has 14 heavy (non-hydrogen) atoms. The largest absolute Gasteiger partial charge is 0.453 e. The average molecular weight is 274 g/mol. The van der Waals surface area contributed by atoms with Gasteiger partial charge >= 0.3 is 0 Å². The van der Waals surface area contributed by atoms with Crippen molar-refractivity contribution in [1.82, 2.24) is 0 Å². The van der Waals surface area contributed by atoms with Crippen LogP contribution in [0.1, 0.15) is 10.6 Å². The van der Waals surface area contributed by atoms with E-state index in [0.717, 1.165) is 5.39 Å². The Morgan fingerprint density at radius 1 is 1.43 bits per heavy atom. The Kier molecular flexibility index (Phi) is 2.61. The van der Waals surface area contributed by atoms with Crippen LogP contribution < -0.4 is 0 Å². The summed E-state index contributed by atoms with van der Waals surface area (Å²) in [6.07, 6.45) is 0. The zero-order chi connectivity index (χ0) is 10.1.